The minimum Gasteiger partial charge on any atom is -0.483 e. The van der Waals surface area contributed by atoms with Gasteiger partial charge in [-0.2, -0.15) is 0 Å². The highest BCUT2D eigenvalue weighted by Gasteiger charge is 2.54. The summed E-state index contributed by atoms with van der Waals surface area (Å²) in [6.07, 6.45) is 1.28. The molecule has 2 aliphatic rings. The average Bonchev–Trinajstić information content (AvgIpc) is 3.01. The highest BCUT2D eigenvalue weighted by molar-refractivity contribution is 5.82. The van der Waals surface area contributed by atoms with E-state index in [0.29, 0.717) is 31.9 Å². The van der Waals surface area contributed by atoms with Crippen molar-refractivity contribution in [1.82, 2.24) is 4.90 Å². The first-order valence-corrected chi connectivity index (χ1v) is 8.36. The minimum absolute atomic E-state index is 0.0692. The third kappa shape index (κ3) is 2.98. The van der Waals surface area contributed by atoms with Gasteiger partial charge in [-0.3, -0.25) is 9.59 Å². The number of aryl methyl sites for hydroxylation is 1. The molecule has 130 valence electrons. The summed E-state index contributed by atoms with van der Waals surface area (Å²) in [5.74, 6) is -0.434. The second-order valence-electron chi connectivity index (χ2n) is 6.51. The molecule has 1 aromatic carbocycles. The number of benzene rings is 1. The minimum atomic E-state index is -0.866. The third-order valence-electron chi connectivity index (χ3n) is 5.19. The molecule has 2 aliphatic heterocycles. The van der Waals surface area contributed by atoms with Crippen molar-refractivity contribution in [1.29, 1.82) is 0 Å². The Morgan fingerprint density at radius 2 is 2.21 bits per heavy atom. The van der Waals surface area contributed by atoms with Gasteiger partial charge in [-0.15, -0.1) is 0 Å². The van der Waals surface area contributed by atoms with Crippen molar-refractivity contribution in [2.45, 2.75) is 19.8 Å². The van der Waals surface area contributed by atoms with Gasteiger partial charge in [0.05, 0.1) is 12.0 Å². The van der Waals surface area contributed by atoms with E-state index in [9.17, 15) is 14.7 Å². The highest BCUT2D eigenvalue weighted by Crippen LogP contribution is 2.42. The van der Waals surface area contributed by atoms with Crippen molar-refractivity contribution >= 4 is 11.9 Å². The van der Waals surface area contributed by atoms with E-state index in [0.717, 1.165) is 12.0 Å². The first-order chi connectivity index (χ1) is 11.6. The van der Waals surface area contributed by atoms with Gasteiger partial charge in [0.25, 0.3) is 5.91 Å². The van der Waals surface area contributed by atoms with Gasteiger partial charge in [-0.05, 0) is 24.5 Å². The molecule has 6 nitrogen and oxygen atoms in total. The Kier molecular flexibility index (Phi) is 4.76. The van der Waals surface area contributed by atoms with Crippen LogP contribution in [0.2, 0.25) is 0 Å². The zero-order valence-corrected chi connectivity index (χ0v) is 13.9. The summed E-state index contributed by atoms with van der Waals surface area (Å²) in [5.41, 5.74) is 0.186. The molecule has 0 radical (unpaired) electrons. The molecule has 3 rings (SSSR count). The van der Waals surface area contributed by atoms with E-state index < -0.39 is 11.4 Å². The van der Waals surface area contributed by atoms with Crippen LogP contribution in [0.3, 0.4) is 0 Å². The molecule has 2 atom stereocenters. The van der Waals surface area contributed by atoms with Gasteiger partial charge >= 0.3 is 5.97 Å². The molecule has 0 aliphatic carbocycles. The van der Waals surface area contributed by atoms with Gasteiger partial charge in [0.15, 0.2) is 6.61 Å². The highest BCUT2D eigenvalue weighted by atomic mass is 16.5. The summed E-state index contributed by atoms with van der Waals surface area (Å²) < 4.78 is 11.1. The van der Waals surface area contributed by atoms with Crippen molar-refractivity contribution in [2.24, 2.45) is 11.3 Å². The van der Waals surface area contributed by atoms with Gasteiger partial charge in [-0.25, -0.2) is 0 Å². The van der Waals surface area contributed by atoms with Crippen LogP contribution < -0.4 is 4.74 Å². The number of aliphatic carboxylic acids is 1. The van der Waals surface area contributed by atoms with Crippen LogP contribution in [0, 0.1) is 11.3 Å². The number of likely N-dealkylation sites (tertiary alicyclic amines) is 1. The Labute approximate surface area is 141 Å². The Morgan fingerprint density at radius 1 is 1.42 bits per heavy atom. The normalized spacial score (nSPS) is 26.0. The van der Waals surface area contributed by atoms with E-state index in [1.54, 1.807) is 4.90 Å². The first-order valence-electron chi connectivity index (χ1n) is 8.36. The lowest BCUT2D eigenvalue weighted by molar-refractivity contribution is -0.157. The molecule has 6 heteroatoms. The second-order valence-corrected chi connectivity index (χ2v) is 6.51. The molecule has 0 aromatic heterocycles. The number of carbonyl (C=O) groups excluding carboxylic acids is 1. The van der Waals surface area contributed by atoms with Crippen LogP contribution in [0.1, 0.15) is 18.9 Å². The van der Waals surface area contributed by atoms with Gasteiger partial charge in [0.2, 0.25) is 0 Å². The SMILES string of the molecule is CCc1ccccc1OCC(=O)N1C[C@H]2COCC[C@@]2(C(=O)O)C1. The van der Waals surface area contributed by atoms with Crippen molar-refractivity contribution in [3.8, 4) is 5.75 Å². The number of carbonyl (C=O) groups is 2. The summed E-state index contributed by atoms with van der Waals surface area (Å²) in [6.45, 7) is 3.46. The fourth-order valence-electron chi connectivity index (χ4n) is 3.66. The molecule has 24 heavy (non-hydrogen) atoms. The quantitative estimate of drug-likeness (QED) is 0.885. The number of hydrogen-bond donors (Lipinski definition) is 1. The van der Waals surface area contributed by atoms with Crippen LogP contribution >= 0.6 is 0 Å². The number of carboxylic acids is 1. The van der Waals surface area contributed by atoms with Crippen molar-refractivity contribution in [3.63, 3.8) is 0 Å². The van der Waals surface area contributed by atoms with E-state index >= 15 is 0 Å². The van der Waals surface area contributed by atoms with Crippen LogP contribution in [0.4, 0.5) is 0 Å². The van der Waals surface area contributed by atoms with E-state index in [1.807, 2.05) is 31.2 Å². The Balaban J connectivity index is 1.65. The number of carboxylic acid groups (broad SMARTS) is 1. The Hall–Kier alpha value is -2.08. The zero-order chi connectivity index (χ0) is 17.2. The molecule has 2 saturated heterocycles. The molecule has 1 aromatic rings. The van der Waals surface area contributed by atoms with Crippen LogP contribution in [0.15, 0.2) is 24.3 Å². The average molecular weight is 333 g/mol. The Bertz CT molecular complexity index is 632. The fraction of sp³-hybridized carbons (Fsp3) is 0.556. The summed E-state index contributed by atoms with van der Waals surface area (Å²) in [5, 5.41) is 9.65. The zero-order valence-electron chi connectivity index (χ0n) is 13.9. The predicted molar refractivity (Wildman–Crippen MR) is 86.9 cm³/mol. The number of hydrogen-bond acceptors (Lipinski definition) is 4. The molecule has 1 N–H and O–H groups in total. The lowest BCUT2D eigenvalue weighted by Crippen LogP contribution is -2.45. The molecule has 0 spiro atoms. The van der Waals surface area contributed by atoms with Gasteiger partial charge in [0.1, 0.15) is 5.75 Å². The summed E-state index contributed by atoms with van der Waals surface area (Å²) in [7, 11) is 0. The third-order valence-corrected chi connectivity index (χ3v) is 5.19. The van der Waals surface area contributed by atoms with Crippen LogP contribution in [0.5, 0.6) is 5.75 Å². The van der Waals surface area contributed by atoms with Gasteiger partial charge in [0, 0.05) is 25.6 Å². The van der Waals surface area contributed by atoms with E-state index in [4.69, 9.17) is 9.47 Å². The maximum Gasteiger partial charge on any atom is 0.311 e. The molecule has 2 fully saturated rings. The smallest absolute Gasteiger partial charge is 0.311 e. The lowest BCUT2D eigenvalue weighted by atomic mass is 9.74. The number of rotatable bonds is 5. The molecular weight excluding hydrogens is 310 g/mol. The second kappa shape index (κ2) is 6.81. The van der Waals surface area contributed by atoms with Crippen molar-refractivity contribution < 1.29 is 24.2 Å². The molecule has 0 bridgehead atoms. The summed E-state index contributed by atoms with van der Waals surface area (Å²) in [6, 6.07) is 7.64. The first kappa shape index (κ1) is 16.8. The van der Waals surface area contributed by atoms with Crippen LogP contribution in [-0.2, 0) is 20.7 Å². The summed E-state index contributed by atoms with van der Waals surface area (Å²) >= 11 is 0. The van der Waals surface area contributed by atoms with Crippen molar-refractivity contribution in [3.05, 3.63) is 29.8 Å². The number of para-hydroxylation sites is 1. The van der Waals surface area contributed by atoms with E-state index in [2.05, 4.69) is 0 Å². The monoisotopic (exact) mass is 333 g/mol. The van der Waals surface area contributed by atoms with Gasteiger partial charge < -0.3 is 19.5 Å². The summed E-state index contributed by atoms with van der Waals surface area (Å²) in [4.78, 5) is 25.9. The molecule has 1 amide bonds. The number of amides is 1. The molecule has 0 unspecified atom stereocenters. The Morgan fingerprint density at radius 3 is 2.92 bits per heavy atom. The molecule has 0 saturated carbocycles. The fourth-order valence-corrected chi connectivity index (χ4v) is 3.66. The van der Waals surface area contributed by atoms with Crippen molar-refractivity contribution in [2.75, 3.05) is 32.9 Å². The number of fused-ring (bicyclic) bond motifs is 1. The lowest BCUT2D eigenvalue weighted by Gasteiger charge is -2.33. The van der Waals surface area contributed by atoms with E-state index in [1.165, 1.54) is 0 Å². The molecule has 2 heterocycles. The standard InChI is InChI=1S/C18H23NO5/c1-2-13-5-3-4-6-15(13)24-11-16(20)19-9-14-10-23-8-7-18(14,12-19)17(21)22/h3-6,14H,2,7-12H2,1H3,(H,21,22)/t14-,18+/m0/s1. The van der Waals surface area contributed by atoms with Gasteiger partial charge in [-0.1, -0.05) is 25.1 Å². The number of ether oxygens (including phenoxy) is 2. The van der Waals surface area contributed by atoms with E-state index in [-0.39, 0.29) is 25.0 Å². The van der Waals surface area contributed by atoms with Crippen LogP contribution in [-0.4, -0.2) is 54.8 Å². The topological polar surface area (TPSA) is 76.1 Å². The largest absolute Gasteiger partial charge is 0.483 e. The maximum atomic E-state index is 12.5. The molecular formula is C18H23NO5. The predicted octanol–water partition coefficient (Wildman–Crippen LogP) is 1.58. The number of nitrogens with zero attached hydrogens (tertiary/aromatic N) is 1. The maximum absolute atomic E-state index is 12.5. The van der Waals surface area contributed by atoms with Crippen LogP contribution in [0.25, 0.3) is 0 Å².